The van der Waals surface area contributed by atoms with Gasteiger partial charge in [0.1, 0.15) is 5.82 Å². The molecule has 1 aromatic rings. The minimum Gasteiger partial charge on any atom is -0.481 e. The molecular formula is C14H17FO2. The number of rotatable bonds is 3. The van der Waals surface area contributed by atoms with Gasteiger partial charge in [-0.2, -0.15) is 0 Å². The quantitative estimate of drug-likeness (QED) is 0.872. The maximum Gasteiger partial charge on any atom is 0.304 e. The second-order valence-electron chi connectivity index (χ2n) is 4.92. The summed E-state index contributed by atoms with van der Waals surface area (Å²) in [7, 11) is 0. The molecule has 1 aliphatic rings. The summed E-state index contributed by atoms with van der Waals surface area (Å²) >= 11 is 0. The lowest BCUT2D eigenvalue weighted by molar-refractivity contribution is -0.138. The lowest BCUT2D eigenvalue weighted by Crippen LogP contribution is -2.32. The summed E-state index contributed by atoms with van der Waals surface area (Å²) in [4.78, 5) is 11.0. The van der Waals surface area contributed by atoms with E-state index in [-0.39, 0.29) is 17.7 Å². The van der Waals surface area contributed by atoms with Gasteiger partial charge in [-0.3, -0.25) is 4.79 Å². The van der Waals surface area contributed by atoms with Gasteiger partial charge in [0.25, 0.3) is 0 Å². The van der Waals surface area contributed by atoms with Gasteiger partial charge in [-0.05, 0) is 30.5 Å². The molecule has 1 aliphatic carbocycles. The zero-order valence-corrected chi connectivity index (χ0v) is 9.79. The third-order valence-electron chi connectivity index (χ3n) is 3.74. The molecule has 0 atom stereocenters. The fourth-order valence-corrected chi connectivity index (χ4v) is 2.90. The molecular weight excluding hydrogens is 219 g/mol. The Morgan fingerprint density at radius 1 is 1.29 bits per heavy atom. The van der Waals surface area contributed by atoms with Gasteiger partial charge in [-0.1, -0.05) is 31.4 Å². The Balaban J connectivity index is 2.35. The Kier molecular flexibility index (Phi) is 3.46. The third kappa shape index (κ3) is 2.65. The van der Waals surface area contributed by atoms with Gasteiger partial charge in [-0.25, -0.2) is 4.39 Å². The first kappa shape index (κ1) is 12.1. The molecule has 17 heavy (non-hydrogen) atoms. The molecule has 3 heteroatoms. The molecule has 0 aromatic heterocycles. The molecule has 0 heterocycles. The van der Waals surface area contributed by atoms with E-state index >= 15 is 0 Å². The van der Waals surface area contributed by atoms with E-state index in [1.165, 1.54) is 12.1 Å². The molecule has 0 bridgehead atoms. The number of aliphatic carboxylic acids is 1. The highest BCUT2D eigenvalue weighted by atomic mass is 19.1. The van der Waals surface area contributed by atoms with E-state index in [0.29, 0.717) is 0 Å². The van der Waals surface area contributed by atoms with Crippen LogP contribution in [0.3, 0.4) is 0 Å². The predicted octanol–water partition coefficient (Wildman–Crippen LogP) is 3.50. The Hall–Kier alpha value is -1.38. The lowest BCUT2D eigenvalue weighted by atomic mass is 9.67. The van der Waals surface area contributed by atoms with Crippen LogP contribution in [-0.2, 0) is 10.2 Å². The van der Waals surface area contributed by atoms with Gasteiger partial charge in [0.2, 0.25) is 0 Å². The minimum atomic E-state index is -0.795. The fourth-order valence-electron chi connectivity index (χ4n) is 2.90. The second-order valence-corrected chi connectivity index (χ2v) is 4.92. The number of hydrogen-bond donors (Lipinski definition) is 1. The van der Waals surface area contributed by atoms with Gasteiger partial charge >= 0.3 is 5.97 Å². The zero-order valence-electron chi connectivity index (χ0n) is 9.79. The van der Waals surface area contributed by atoms with E-state index in [4.69, 9.17) is 5.11 Å². The fraction of sp³-hybridized carbons (Fsp3) is 0.500. The molecule has 0 unspecified atom stereocenters. The molecule has 0 radical (unpaired) electrons. The summed E-state index contributed by atoms with van der Waals surface area (Å²) in [5.74, 6) is -1.08. The Morgan fingerprint density at radius 2 is 2.00 bits per heavy atom. The molecule has 0 aliphatic heterocycles. The van der Waals surface area contributed by atoms with Crippen LogP contribution in [0.2, 0.25) is 0 Å². The Morgan fingerprint density at radius 3 is 2.59 bits per heavy atom. The van der Waals surface area contributed by atoms with E-state index in [1.807, 2.05) is 6.07 Å². The lowest BCUT2D eigenvalue weighted by Gasteiger charge is -2.36. The van der Waals surface area contributed by atoms with Crippen molar-refractivity contribution in [3.8, 4) is 0 Å². The molecule has 1 aromatic carbocycles. The Bertz CT molecular complexity index is 408. The summed E-state index contributed by atoms with van der Waals surface area (Å²) in [5, 5.41) is 9.07. The van der Waals surface area contributed by atoms with Crippen LogP contribution in [0.15, 0.2) is 24.3 Å². The highest BCUT2D eigenvalue weighted by Gasteiger charge is 2.36. The molecule has 1 saturated carbocycles. The molecule has 0 saturated heterocycles. The molecule has 2 nitrogen and oxygen atoms in total. The van der Waals surface area contributed by atoms with Crippen molar-refractivity contribution in [2.45, 2.75) is 43.9 Å². The van der Waals surface area contributed by atoms with E-state index in [0.717, 1.165) is 37.7 Å². The van der Waals surface area contributed by atoms with Crippen molar-refractivity contribution >= 4 is 5.97 Å². The topological polar surface area (TPSA) is 37.3 Å². The number of benzene rings is 1. The molecule has 92 valence electrons. The van der Waals surface area contributed by atoms with Gasteiger partial charge in [0.05, 0.1) is 6.42 Å². The van der Waals surface area contributed by atoms with Crippen LogP contribution in [0.5, 0.6) is 0 Å². The smallest absolute Gasteiger partial charge is 0.304 e. The van der Waals surface area contributed by atoms with E-state index in [1.54, 1.807) is 6.07 Å². The predicted molar refractivity (Wildman–Crippen MR) is 63.4 cm³/mol. The maximum absolute atomic E-state index is 13.3. The first-order valence-corrected chi connectivity index (χ1v) is 6.10. The van der Waals surface area contributed by atoms with Crippen LogP contribution < -0.4 is 0 Å². The summed E-state index contributed by atoms with van der Waals surface area (Å²) in [5.41, 5.74) is 0.492. The Labute approximate surface area is 100 Å². The summed E-state index contributed by atoms with van der Waals surface area (Å²) < 4.78 is 13.3. The van der Waals surface area contributed by atoms with Gasteiger partial charge in [0, 0.05) is 5.41 Å². The number of halogens is 1. The molecule has 0 spiro atoms. The minimum absolute atomic E-state index is 0.108. The maximum atomic E-state index is 13.3. The number of carboxylic acids is 1. The van der Waals surface area contributed by atoms with Gasteiger partial charge < -0.3 is 5.11 Å². The number of carbonyl (C=O) groups is 1. The third-order valence-corrected chi connectivity index (χ3v) is 3.74. The standard InChI is InChI=1S/C14H17FO2/c15-12-6-4-5-11(9-12)14(10-13(16)17)7-2-1-3-8-14/h4-6,9H,1-3,7-8,10H2,(H,16,17). The van der Waals surface area contributed by atoms with Crippen LogP contribution in [0.4, 0.5) is 4.39 Å². The van der Waals surface area contributed by atoms with Crippen LogP contribution >= 0.6 is 0 Å². The number of hydrogen-bond acceptors (Lipinski definition) is 1. The van der Waals surface area contributed by atoms with Crippen LogP contribution in [0.1, 0.15) is 44.1 Å². The highest BCUT2D eigenvalue weighted by molar-refractivity contribution is 5.69. The van der Waals surface area contributed by atoms with Crippen LogP contribution in [0, 0.1) is 5.82 Å². The summed E-state index contributed by atoms with van der Waals surface area (Å²) in [6.07, 6.45) is 5.02. The largest absolute Gasteiger partial charge is 0.481 e. The van der Waals surface area contributed by atoms with E-state index in [9.17, 15) is 9.18 Å². The molecule has 1 N–H and O–H groups in total. The summed E-state index contributed by atoms with van der Waals surface area (Å²) in [6.45, 7) is 0. The van der Waals surface area contributed by atoms with Crippen molar-refractivity contribution in [3.05, 3.63) is 35.6 Å². The number of carboxylic acid groups (broad SMARTS) is 1. The second kappa shape index (κ2) is 4.86. The van der Waals surface area contributed by atoms with Crippen molar-refractivity contribution in [1.29, 1.82) is 0 Å². The van der Waals surface area contributed by atoms with E-state index < -0.39 is 5.97 Å². The van der Waals surface area contributed by atoms with Gasteiger partial charge in [0.15, 0.2) is 0 Å². The van der Waals surface area contributed by atoms with Crippen molar-refractivity contribution in [2.75, 3.05) is 0 Å². The highest BCUT2D eigenvalue weighted by Crippen LogP contribution is 2.42. The zero-order chi connectivity index (χ0) is 12.3. The molecule has 0 amide bonds. The van der Waals surface area contributed by atoms with Crippen LogP contribution in [-0.4, -0.2) is 11.1 Å². The summed E-state index contributed by atoms with van der Waals surface area (Å²) in [6, 6.07) is 6.43. The van der Waals surface area contributed by atoms with Crippen molar-refractivity contribution in [3.63, 3.8) is 0 Å². The monoisotopic (exact) mass is 236 g/mol. The average Bonchev–Trinajstić information content (AvgIpc) is 2.29. The first-order chi connectivity index (χ1) is 8.12. The SMILES string of the molecule is O=C(O)CC1(c2cccc(F)c2)CCCCC1. The van der Waals surface area contributed by atoms with Crippen LogP contribution in [0.25, 0.3) is 0 Å². The average molecular weight is 236 g/mol. The normalized spacial score (nSPS) is 18.9. The van der Waals surface area contributed by atoms with Crippen molar-refractivity contribution in [1.82, 2.24) is 0 Å². The first-order valence-electron chi connectivity index (χ1n) is 6.10. The van der Waals surface area contributed by atoms with E-state index in [2.05, 4.69) is 0 Å². The van der Waals surface area contributed by atoms with Crippen molar-refractivity contribution in [2.24, 2.45) is 0 Å². The van der Waals surface area contributed by atoms with Crippen molar-refractivity contribution < 1.29 is 14.3 Å². The molecule has 1 fully saturated rings. The van der Waals surface area contributed by atoms with Gasteiger partial charge in [-0.15, -0.1) is 0 Å². The molecule has 2 rings (SSSR count).